The highest BCUT2D eigenvalue weighted by molar-refractivity contribution is 6.07. The van der Waals surface area contributed by atoms with E-state index < -0.39 is 17.4 Å². The second-order valence-corrected chi connectivity index (χ2v) is 13.0. The van der Waals surface area contributed by atoms with Crippen LogP contribution in [0.3, 0.4) is 0 Å². The summed E-state index contributed by atoms with van der Waals surface area (Å²) in [6, 6.07) is 20.3. The van der Waals surface area contributed by atoms with E-state index in [2.05, 4.69) is 10.6 Å². The number of aliphatic hydroxyl groups excluding tert-OH is 1. The molecule has 3 amide bonds. The maximum atomic E-state index is 14.2. The van der Waals surface area contributed by atoms with Crippen LogP contribution in [0.2, 0.25) is 0 Å². The van der Waals surface area contributed by atoms with E-state index in [0.717, 1.165) is 36.1 Å². The molecule has 4 N–H and O–H groups in total. The number of hydrogen-bond donors (Lipinski definition) is 4. The highest BCUT2D eigenvalue weighted by Gasteiger charge is 2.52. The van der Waals surface area contributed by atoms with Crippen molar-refractivity contribution in [2.45, 2.75) is 57.3 Å². The number of rotatable bonds is 10. The Morgan fingerprint density at radius 3 is 2.69 bits per heavy atom. The molecule has 1 saturated heterocycles. The maximum absolute atomic E-state index is 14.2. The second kappa shape index (κ2) is 14.3. The smallest absolute Gasteiger partial charge is 0.264 e. The van der Waals surface area contributed by atoms with Crippen molar-refractivity contribution in [3.8, 4) is 5.75 Å². The van der Waals surface area contributed by atoms with Gasteiger partial charge in [0.1, 0.15) is 5.75 Å². The molecule has 3 aliphatic rings. The molecule has 0 spiro atoms. The summed E-state index contributed by atoms with van der Waals surface area (Å²) in [6.45, 7) is 3.82. The van der Waals surface area contributed by atoms with Gasteiger partial charge in [0.15, 0.2) is 5.60 Å². The Hall–Kier alpha value is -4.51. The number of piperidine rings is 1. The lowest BCUT2D eigenvalue weighted by molar-refractivity contribution is -0.139. The van der Waals surface area contributed by atoms with Crippen LogP contribution in [-0.4, -0.2) is 65.7 Å². The van der Waals surface area contributed by atoms with Gasteiger partial charge in [-0.25, -0.2) is 0 Å². The number of nitrogens with one attached hydrogen (secondary N) is 2. The summed E-state index contributed by atoms with van der Waals surface area (Å²) >= 11 is 0. The molecule has 48 heavy (non-hydrogen) atoms. The lowest BCUT2D eigenvalue weighted by Crippen LogP contribution is -2.46. The number of fused-ring (bicyclic) bond motifs is 2. The summed E-state index contributed by atoms with van der Waals surface area (Å²) in [5, 5.41) is 28.5. The van der Waals surface area contributed by atoms with Gasteiger partial charge in [0.2, 0.25) is 11.8 Å². The maximum Gasteiger partial charge on any atom is 0.264 e. The van der Waals surface area contributed by atoms with E-state index in [1.54, 1.807) is 47.1 Å². The summed E-state index contributed by atoms with van der Waals surface area (Å²) in [6.07, 6.45) is 5.88. The van der Waals surface area contributed by atoms with Crippen LogP contribution in [0.5, 0.6) is 5.75 Å². The molecule has 0 bridgehead atoms. The Bertz CT molecular complexity index is 1700. The van der Waals surface area contributed by atoms with Crippen LogP contribution in [0.25, 0.3) is 0 Å². The summed E-state index contributed by atoms with van der Waals surface area (Å²) in [5.41, 5.74) is 2.75. The van der Waals surface area contributed by atoms with Gasteiger partial charge in [0.05, 0.1) is 37.9 Å². The average Bonchev–Trinajstić information content (AvgIpc) is 3.33. The summed E-state index contributed by atoms with van der Waals surface area (Å²) in [7, 11) is 1.53. The van der Waals surface area contributed by atoms with Crippen molar-refractivity contribution >= 4 is 29.1 Å². The Morgan fingerprint density at radius 1 is 1.12 bits per heavy atom. The minimum absolute atomic E-state index is 0.0282. The molecule has 6 rings (SSSR count). The van der Waals surface area contributed by atoms with E-state index >= 15 is 0 Å². The largest absolute Gasteiger partial charge is 0.497 e. The molecule has 3 aromatic carbocycles. The fourth-order valence-electron chi connectivity index (χ4n) is 7.13. The molecule has 1 unspecified atom stereocenters. The van der Waals surface area contributed by atoms with E-state index in [-0.39, 0.29) is 43.3 Å². The van der Waals surface area contributed by atoms with Gasteiger partial charge in [0.25, 0.3) is 5.91 Å². The molecule has 0 saturated carbocycles. The van der Waals surface area contributed by atoms with Crippen LogP contribution in [0.4, 0.5) is 11.4 Å². The predicted molar refractivity (Wildman–Crippen MR) is 183 cm³/mol. The SMILES string of the molecule is COc1ccc2c(c1)[C@](O)([C@@H](C)/C=C/CC(=O)N1Cc3ccccc3C[C@H]1CO)C(=O)N2Cc1cccc(NC(=O)C2CCCNC2)c1. The lowest BCUT2D eigenvalue weighted by atomic mass is 9.82. The van der Waals surface area contributed by atoms with Crippen molar-refractivity contribution in [2.24, 2.45) is 11.8 Å². The van der Waals surface area contributed by atoms with Crippen LogP contribution >= 0.6 is 0 Å². The monoisotopic (exact) mass is 652 g/mol. The Balaban J connectivity index is 1.18. The Kier molecular flexibility index (Phi) is 9.96. The number of nitrogens with zero attached hydrogens (tertiary/aromatic N) is 2. The Labute approximate surface area is 281 Å². The molecule has 0 aliphatic carbocycles. The number of hydrogen-bond acceptors (Lipinski definition) is 7. The molecule has 3 heterocycles. The van der Waals surface area contributed by atoms with Crippen molar-refractivity contribution in [1.82, 2.24) is 10.2 Å². The normalized spacial score (nSPS) is 22.7. The minimum atomic E-state index is -1.90. The highest BCUT2D eigenvalue weighted by atomic mass is 16.5. The fraction of sp³-hybridized carbons (Fsp3) is 0.395. The third-order valence-corrected chi connectivity index (χ3v) is 9.94. The van der Waals surface area contributed by atoms with Gasteiger partial charge in [0, 0.05) is 36.7 Å². The summed E-state index contributed by atoms with van der Waals surface area (Å²) in [5.74, 6) is -0.900. The number of carbonyl (C=O) groups is 3. The van der Waals surface area contributed by atoms with Crippen molar-refractivity contribution in [2.75, 3.05) is 37.0 Å². The van der Waals surface area contributed by atoms with Crippen molar-refractivity contribution in [1.29, 1.82) is 0 Å². The molecule has 252 valence electrons. The number of benzene rings is 3. The number of amides is 3. The molecular formula is C38H44N4O6. The van der Waals surface area contributed by atoms with Gasteiger partial charge >= 0.3 is 0 Å². The van der Waals surface area contributed by atoms with Gasteiger partial charge in [-0.1, -0.05) is 55.5 Å². The molecule has 3 aliphatic heterocycles. The third-order valence-electron chi connectivity index (χ3n) is 9.94. The summed E-state index contributed by atoms with van der Waals surface area (Å²) < 4.78 is 5.46. The van der Waals surface area contributed by atoms with E-state index in [0.29, 0.717) is 42.2 Å². The first-order chi connectivity index (χ1) is 23.2. The van der Waals surface area contributed by atoms with Crippen LogP contribution in [0.15, 0.2) is 78.9 Å². The van der Waals surface area contributed by atoms with Crippen LogP contribution in [-0.2, 0) is 39.5 Å². The van der Waals surface area contributed by atoms with E-state index in [1.807, 2.05) is 48.5 Å². The van der Waals surface area contributed by atoms with Gasteiger partial charge in [-0.15, -0.1) is 0 Å². The first-order valence-corrected chi connectivity index (χ1v) is 16.7. The van der Waals surface area contributed by atoms with Crippen LogP contribution < -0.4 is 20.3 Å². The van der Waals surface area contributed by atoms with E-state index in [9.17, 15) is 24.6 Å². The van der Waals surface area contributed by atoms with Gasteiger partial charge in [-0.3, -0.25) is 14.4 Å². The molecule has 0 aromatic heterocycles. The fourth-order valence-corrected chi connectivity index (χ4v) is 7.13. The highest BCUT2D eigenvalue weighted by Crippen LogP contribution is 2.47. The van der Waals surface area contributed by atoms with Crippen molar-refractivity contribution < 1.29 is 29.3 Å². The standard InChI is InChI=1S/C38H44N4O6/c1-25(8-5-14-35(44)41-23-29-11-4-3-10-27(29)19-31(41)24-43)38(47)33-20-32(48-2)15-16-34(33)42(37(38)46)22-26-9-6-13-30(18-26)40-36(45)28-12-7-17-39-21-28/h3-6,8-11,13,15-16,18,20,25,28,31,39,43,47H,7,12,14,17,19,21-24H2,1-2H3,(H,40,45)/b8-5+/t25-,28?,31-,38+/m0/s1. The lowest BCUT2D eigenvalue weighted by Gasteiger charge is -2.36. The zero-order valence-electron chi connectivity index (χ0n) is 27.5. The minimum Gasteiger partial charge on any atom is -0.497 e. The molecule has 4 atom stereocenters. The van der Waals surface area contributed by atoms with Crippen LogP contribution in [0, 0.1) is 11.8 Å². The second-order valence-electron chi connectivity index (χ2n) is 13.0. The first kappa shape index (κ1) is 33.4. The molecule has 10 nitrogen and oxygen atoms in total. The average molecular weight is 653 g/mol. The third kappa shape index (κ3) is 6.60. The van der Waals surface area contributed by atoms with E-state index in [4.69, 9.17) is 4.74 Å². The zero-order chi connectivity index (χ0) is 33.8. The van der Waals surface area contributed by atoms with E-state index in [1.165, 1.54) is 7.11 Å². The first-order valence-electron chi connectivity index (χ1n) is 16.7. The predicted octanol–water partition coefficient (Wildman–Crippen LogP) is 3.90. The molecule has 3 aromatic rings. The topological polar surface area (TPSA) is 131 Å². The molecular weight excluding hydrogens is 608 g/mol. The molecule has 10 heteroatoms. The molecule has 1 fully saturated rings. The van der Waals surface area contributed by atoms with Crippen LogP contribution in [0.1, 0.15) is 48.4 Å². The number of anilines is 2. The number of aliphatic hydroxyl groups is 2. The zero-order valence-corrected chi connectivity index (χ0v) is 27.5. The number of carbonyl (C=O) groups excluding carboxylic acids is 3. The Morgan fingerprint density at radius 2 is 1.94 bits per heavy atom. The summed E-state index contributed by atoms with van der Waals surface area (Å²) in [4.78, 5) is 43.6. The number of methoxy groups -OCH3 is 1. The molecule has 0 radical (unpaired) electrons. The number of ether oxygens (including phenoxy) is 1. The van der Waals surface area contributed by atoms with Crippen molar-refractivity contribution in [3.05, 3.63) is 101 Å². The van der Waals surface area contributed by atoms with Gasteiger partial charge in [-0.05, 0) is 72.8 Å². The van der Waals surface area contributed by atoms with Crippen molar-refractivity contribution in [3.63, 3.8) is 0 Å². The quantitative estimate of drug-likeness (QED) is 0.245. The van der Waals surface area contributed by atoms with Gasteiger partial charge < -0.3 is 35.4 Å². The van der Waals surface area contributed by atoms with Gasteiger partial charge in [-0.2, -0.15) is 0 Å².